The third kappa shape index (κ3) is 40.9. The highest BCUT2D eigenvalue weighted by molar-refractivity contribution is 5.70. The first-order chi connectivity index (χ1) is 41.0. The van der Waals surface area contributed by atoms with Crippen LogP contribution in [0.25, 0.3) is 0 Å². The lowest BCUT2D eigenvalue weighted by molar-refractivity contribution is -0.332. The van der Waals surface area contributed by atoms with Crippen LogP contribution in [0.15, 0.2) is 0 Å². The number of carbonyl (C=O) groups is 2. The predicted octanol–water partition coefficient (Wildman–Crippen LogP) is 14.6. The minimum Gasteiger partial charge on any atom is -0.462 e. The molecular formula is C69H132O15. The van der Waals surface area contributed by atoms with Gasteiger partial charge in [0.2, 0.25) is 0 Å². The van der Waals surface area contributed by atoms with Crippen molar-refractivity contribution in [3.8, 4) is 0 Å². The van der Waals surface area contributed by atoms with Crippen LogP contribution in [0.2, 0.25) is 0 Å². The van der Waals surface area contributed by atoms with E-state index >= 15 is 0 Å². The van der Waals surface area contributed by atoms with Gasteiger partial charge in [-0.15, -0.1) is 0 Å². The first kappa shape index (κ1) is 78.6. The number of ether oxygens (including phenoxy) is 6. The molecule has 11 unspecified atom stereocenters. The number of aliphatic hydroxyl groups excluding tert-OH is 7. The molecule has 15 nitrogen and oxygen atoms in total. The van der Waals surface area contributed by atoms with Crippen LogP contribution in [0.5, 0.6) is 0 Å². The molecule has 0 amide bonds. The number of rotatable bonds is 60. The summed E-state index contributed by atoms with van der Waals surface area (Å²) < 4.78 is 33.9. The van der Waals surface area contributed by atoms with E-state index in [-0.39, 0.29) is 26.1 Å². The molecule has 11 atom stereocenters. The van der Waals surface area contributed by atoms with E-state index in [4.69, 9.17) is 28.4 Å². The maximum Gasteiger partial charge on any atom is 0.306 e. The lowest BCUT2D eigenvalue weighted by Crippen LogP contribution is -2.61. The predicted molar refractivity (Wildman–Crippen MR) is 335 cm³/mol. The van der Waals surface area contributed by atoms with Crippen molar-refractivity contribution in [1.29, 1.82) is 0 Å². The van der Waals surface area contributed by atoms with Gasteiger partial charge in [0.25, 0.3) is 0 Å². The average molecular weight is 1200 g/mol. The monoisotopic (exact) mass is 1200 g/mol. The van der Waals surface area contributed by atoms with Gasteiger partial charge < -0.3 is 64.2 Å². The Morgan fingerprint density at radius 3 is 0.929 bits per heavy atom. The zero-order valence-electron chi connectivity index (χ0n) is 53.9. The first-order valence-corrected chi connectivity index (χ1v) is 35.6. The van der Waals surface area contributed by atoms with Gasteiger partial charge in [-0.2, -0.15) is 0 Å². The Bertz CT molecular complexity index is 1460. The summed E-state index contributed by atoms with van der Waals surface area (Å²) in [6, 6.07) is 0. The van der Waals surface area contributed by atoms with Gasteiger partial charge in [-0.3, -0.25) is 9.59 Å². The molecule has 498 valence electrons. The van der Waals surface area contributed by atoms with E-state index in [0.717, 1.165) is 38.5 Å². The molecule has 2 fully saturated rings. The van der Waals surface area contributed by atoms with Crippen molar-refractivity contribution >= 4 is 11.9 Å². The lowest BCUT2D eigenvalue weighted by atomic mass is 9.98. The number of esters is 2. The molecule has 0 saturated carbocycles. The summed E-state index contributed by atoms with van der Waals surface area (Å²) in [7, 11) is 0. The maximum absolute atomic E-state index is 13.2. The number of carbonyl (C=O) groups excluding carboxylic acids is 2. The highest BCUT2D eigenvalue weighted by atomic mass is 16.7. The summed E-state index contributed by atoms with van der Waals surface area (Å²) in [6.45, 7) is 2.70. The largest absolute Gasteiger partial charge is 0.462 e. The van der Waals surface area contributed by atoms with Gasteiger partial charge in [-0.1, -0.05) is 309 Å². The van der Waals surface area contributed by atoms with Crippen LogP contribution >= 0.6 is 0 Å². The molecule has 0 aromatic rings. The third-order valence-electron chi connectivity index (χ3n) is 17.6. The third-order valence-corrected chi connectivity index (χ3v) is 17.6. The summed E-state index contributed by atoms with van der Waals surface area (Å²) in [5, 5.41) is 72.6. The van der Waals surface area contributed by atoms with Crippen molar-refractivity contribution in [3.05, 3.63) is 0 Å². The minimum absolute atomic E-state index is 0.175. The van der Waals surface area contributed by atoms with Crippen molar-refractivity contribution in [2.45, 2.75) is 402 Å². The molecule has 0 aromatic carbocycles. The Morgan fingerprint density at radius 1 is 0.333 bits per heavy atom. The molecule has 0 spiro atoms. The summed E-state index contributed by atoms with van der Waals surface area (Å²) in [6.07, 6.45) is 45.7. The molecule has 0 radical (unpaired) electrons. The van der Waals surface area contributed by atoms with Crippen LogP contribution in [-0.2, 0) is 38.0 Å². The fourth-order valence-corrected chi connectivity index (χ4v) is 11.9. The highest BCUT2D eigenvalue weighted by Crippen LogP contribution is 2.27. The zero-order chi connectivity index (χ0) is 60.9. The topological polar surface area (TPSA) is 231 Å². The van der Waals surface area contributed by atoms with E-state index in [2.05, 4.69) is 13.8 Å². The number of hydrogen-bond acceptors (Lipinski definition) is 15. The quantitative estimate of drug-likeness (QED) is 0.0222. The van der Waals surface area contributed by atoms with Gasteiger partial charge in [-0.05, 0) is 12.8 Å². The molecule has 0 bridgehead atoms. The summed E-state index contributed by atoms with van der Waals surface area (Å²) >= 11 is 0. The normalized spacial score (nSPS) is 23.1. The van der Waals surface area contributed by atoms with Crippen LogP contribution in [0.4, 0.5) is 0 Å². The van der Waals surface area contributed by atoms with Crippen LogP contribution in [0.3, 0.4) is 0 Å². The standard InChI is InChI=1S/C69H132O15/c1-3-5-7-9-11-13-15-17-19-21-23-25-27-29-31-33-35-37-39-41-43-45-47-49-51-60(71)79-54-57(55-80-68-67(78)65(76)63(74)59(84-68)56-81-69-66(77)64(75)62(73)58(53-70)83-69)82-61(72)52-50-48-46-44-42-40-38-36-34-32-30-28-26-24-22-20-18-16-14-12-10-8-6-4-2/h57-59,62-70,73-78H,3-56H2,1-2H3. The van der Waals surface area contributed by atoms with E-state index in [0.29, 0.717) is 12.8 Å². The summed E-state index contributed by atoms with van der Waals surface area (Å²) in [4.78, 5) is 26.1. The van der Waals surface area contributed by atoms with E-state index in [9.17, 15) is 45.3 Å². The molecule has 2 rings (SSSR count). The Labute approximate surface area is 512 Å². The van der Waals surface area contributed by atoms with Crippen molar-refractivity contribution in [2.24, 2.45) is 0 Å². The molecule has 15 heteroatoms. The molecule has 84 heavy (non-hydrogen) atoms. The number of hydrogen-bond donors (Lipinski definition) is 7. The van der Waals surface area contributed by atoms with Gasteiger partial charge in [0.1, 0.15) is 55.4 Å². The van der Waals surface area contributed by atoms with Gasteiger partial charge in [0, 0.05) is 12.8 Å². The van der Waals surface area contributed by atoms with Gasteiger partial charge in [0.05, 0.1) is 19.8 Å². The maximum atomic E-state index is 13.2. The fraction of sp³-hybridized carbons (Fsp3) is 0.971. The number of aliphatic hydroxyl groups is 7. The van der Waals surface area contributed by atoms with E-state index in [1.165, 1.54) is 257 Å². The minimum atomic E-state index is -1.76. The van der Waals surface area contributed by atoms with Crippen molar-refractivity contribution in [1.82, 2.24) is 0 Å². The average Bonchev–Trinajstić information content (AvgIpc) is 3.27. The number of unbranched alkanes of at least 4 members (excludes halogenated alkanes) is 46. The second kappa shape index (κ2) is 55.6. The SMILES string of the molecule is CCCCCCCCCCCCCCCCCCCCCCCCCCC(=O)OCC(COC1OC(COC2OC(CO)C(O)C(O)C2O)C(O)C(O)C1O)OC(=O)CCCCCCCCCCCCCCCCCCCCCCCCCC. The van der Waals surface area contributed by atoms with Crippen molar-refractivity contribution in [2.75, 3.05) is 26.4 Å². The van der Waals surface area contributed by atoms with E-state index in [1.807, 2.05) is 0 Å². The van der Waals surface area contributed by atoms with Gasteiger partial charge in [0.15, 0.2) is 18.7 Å². The van der Waals surface area contributed by atoms with Crippen molar-refractivity contribution in [3.63, 3.8) is 0 Å². The molecule has 2 aliphatic rings. The Kier molecular flexibility index (Phi) is 52.0. The fourth-order valence-electron chi connectivity index (χ4n) is 11.9. The molecule has 0 aliphatic carbocycles. The van der Waals surface area contributed by atoms with Crippen LogP contribution in [-0.4, -0.2) is 142 Å². The van der Waals surface area contributed by atoms with Crippen LogP contribution < -0.4 is 0 Å². The Morgan fingerprint density at radius 2 is 0.607 bits per heavy atom. The molecule has 2 heterocycles. The van der Waals surface area contributed by atoms with Crippen LogP contribution in [0, 0.1) is 0 Å². The Hall–Kier alpha value is -1.50. The zero-order valence-corrected chi connectivity index (χ0v) is 53.9. The molecule has 2 aliphatic heterocycles. The molecular weight excluding hydrogens is 1070 g/mol. The Balaban J connectivity index is 1.65. The molecule has 7 N–H and O–H groups in total. The second-order valence-electron chi connectivity index (χ2n) is 25.4. The molecule has 2 saturated heterocycles. The van der Waals surface area contributed by atoms with Crippen molar-refractivity contribution < 1.29 is 73.8 Å². The summed E-state index contributed by atoms with van der Waals surface area (Å²) in [5.41, 5.74) is 0. The second-order valence-corrected chi connectivity index (χ2v) is 25.4. The lowest BCUT2D eigenvalue weighted by Gasteiger charge is -2.42. The first-order valence-electron chi connectivity index (χ1n) is 35.6. The molecule has 0 aromatic heterocycles. The highest BCUT2D eigenvalue weighted by Gasteiger charge is 2.47. The van der Waals surface area contributed by atoms with E-state index in [1.54, 1.807) is 0 Å². The summed E-state index contributed by atoms with van der Waals surface area (Å²) in [5.74, 6) is -0.896. The van der Waals surface area contributed by atoms with E-state index < -0.39 is 92.7 Å². The van der Waals surface area contributed by atoms with Gasteiger partial charge in [-0.25, -0.2) is 0 Å². The van der Waals surface area contributed by atoms with Crippen LogP contribution in [0.1, 0.15) is 335 Å². The smallest absolute Gasteiger partial charge is 0.306 e. The van der Waals surface area contributed by atoms with Gasteiger partial charge >= 0.3 is 11.9 Å².